The molecule has 2 rings (SSSR count). The fourth-order valence-electron chi connectivity index (χ4n) is 2.11. The number of hydrogen-bond donors (Lipinski definition) is 1. The summed E-state index contributed by atoms with van der Waals surface area (Å²) in [7, 11) is 1.59. The van der Waals surface area contributed by atoms with Crippen LogP contribution in [0.2, 0.25) is 0 Å². The molecule has 1 aromatic carbocycles. The maximum Gasteiger partial charge on any atom is 0.188 e. The van der Waals surface area contributed by atoms with E-state index in [0.29, 0.717) is 0 Å². The van der Waals surface area contributed by atoms with Crippen LogP contribution >= 0.6 is 0 Å². The lowest BCUT2D eigenvalue weighted by Crippen LogP contribution is -2.37. The lowest BCUT2D eigenvalue weighted by molar-refractivity contribution is 0.0489. The van der Waals surface area contributed by atoms with E-state index in [-0.39, 0.29) is 18.4 Å². The average molecular weight is 237 g/mol. The van der Waals surface area contributed by atoms with Crippen LogP contribution in [-0.2, 0) is 4.74 Å². The molecule has 94 valence electrons. The predicted molar refractivity (Wildman–Crippen MR) is 65.2 cm³/mol. The molecule has 0 spiro atoms. The number of hydrogen-bond acceptors (Lipinski definition) is 4. The number of methoxy groups -OCH3 is 1. The van der Waals surface area contributed by atoms with Crippen LogP contribution in [0.3, 0.4) is 0 Å². The van der Waals surface area contributed by atoms with Crippen molar-refractivity contribution in [2.45, 2.75) is 31.9 Å². The number of nitrogens with two attached hydrogens (primary N) is 1. The third-order valence-corrected chi connectivity index (χ3v) is 2.83. The number of ether oxygens (including phenoxy) is 3. The van der Waals surface area contributed by atoms with Crippen molar-refractivity contribution in [3.8, 4) is 11.5 Å². The first-order valence-corrected chi connectivity index (χ1v) is 5.72. The van der Waals surface area contributed by atoms with Gasteiger partial charge >= 0.3 is 0 Å². The molecule has 0 fully saturated rings. The van der Waals surface area contributed by atoms with Gasteiger partial charge in [0.2, 0.25) is 0 Å². The summed E-state index contributed by atoms with van der Waals surface area (Å²) in [6, 6.07) is 5.74. The molecule has 0 bridgehead atoms. The molecule has 0 aliphatic carbocycles. The molecule has 0 saturated carbocycles. The maximum absolute atomic E-state index is 6.13. The zero-order chi connectivity index (χ0) is 12.5. The Morgan fingerprint density at radius 2 is 2.24 bits per heavy atom. The van der Waals surface area contributed by atoms with Crippen molar-refractivity contribution < 1.29 is 14.2 Å². The Bertz CT molecular complexity index is 404. The molecule has 1 aromatic rings. The lowest BCUT2D eigenvalue weighted by Gasteiger charge is -2.36. The van der Waals surface area contributed by atoms with Gasteiger partial charge in [-0.05, 0) is 19.9 Å². The van der Waals surface area contributed by atoms with Gasteiger partial charge in [0.05, 0.1) is 0 Å². The molecule has 17 heavy (non-hydrogen) atoms. The summed E-state index contributed by atoms with van der Waals surface area (Å²) in [6.07, 6.45) is 0.818. The van der Waals surface area contributed by atoms with E-state index in [4.69, 9.17) is 19.9 Å². The maximum atomic E-state index is 6.13. The quantitative estimate of drug-likeness (QED) is 0.819. The standard InChI is InChI=1S/C13H19NO3/c1-13(2)7-11(14)10-5-4-9(16-8-15-3)6-12(10)17-13/h4-6,11H,7-8,14H2,1-3H3. The third kappa shape index (κ3) is 2.70. The van der Waals surface area contributed by atoms with Crippen LogP contribution in [0.5, 0.6) is 11.5 Å². The minimum atomic E-state index is -0.230. The number of benzene rings is 1. The van der Waals surface area contributed by atoms with Gasteiger partial charge in [-0.2, -0.15) is 0 Å². The summed E-state index contributed by atoms with van der Waals surface area (Å²) >= 11 is 0. The van der Waals surface area contributed by atoms with Gasteiger partial charge in [0.1, 0.15) is 17.1 Å². The summed E-state index contributed by atoms with van der Waals surface area (Å²) in [4.78, 5) is 0. The first-order valence-electron chi connectivity index (χ1n) is 5.72. The Kier molecular flexibility index (Phi) is 3.26. The SMILES string of the molecule is COCOc1ccc2c(c1)OC(C)(C)CC2N. The van der Waals surface area contributed by atoms with Gasteiger partial charge in [0.25, 0.3) is 0 Å². The fraction of sp³-hybridized carbons (Fsp3) is 0.538. The number of fused-ring (bicyclic) bond motifs is 1. The second-order valence-corrected chi connectivity index (χ2v) is 4.92. The van der Waals surface area contributed by atoms with Gasteiger partial charge in [0.15, 0.2) is 6.79 Å². The summed E-state index contributed by atoms with van der Waals surface area (Å²) in [5.41, 5.74) is 6.93. The Hall–Kier alpha value is -1.26. The molecule has 0 amide bonds. The third-order valence-electron chi connectivity index (χ3n) is 2.83. The second-order valence-electron chi connectivity index (χ2n) is 4.92. The molecule has 1 heterocycles. The van der Waals surface area contributed by atoms with Crippen molar-refractivity contribution in [3.05, 3.63) is 23.8 Å². The highest BCUT2D eigenvalue weighted by Gasteiger charge is 2.31. The van der Waals surface area contributed by atoms with E-state index in [0.717, 1.165) is 23.5 Å². The minimum Gasteiger partial charge on any atom is -0.487 e. The van der Waals surface area contributed by atoms with Crippen molar-refractivity contribution in [3.63, 3.8) is 0 Å². The first kappa shape index (κ1) is 12.2. The van der Waals surface area contributed by atoms with Crippen LogP contribution in [0.25, 0.3) is 0 Å². The molecule has 0 radical (unpaired) electrons. The molecule has 1 unspecified atom stereocenters. The van der Waals surface area contributed by atoms with E-state index in [1.807, 2.05) is 32.0 Å². The van der Waals surface area contributed by atoms with Crippen molar-refractivity contribution in [2.75, 3.05) is 13.9 Å². The zero-order valence-electron chi connectivity index (χ0n) is 10.5. The van der Waals surface area contributed by atoms with Gasteiger partial charge in [-0.25, -0.2) is 0 Å². The van der Waals surface area contributed by atoms with Crippen LogP contribution in [0, 0.1) is 0 Å². The van der Waals surface area contributed by atoms with E-state index < -0.39 is 0 Å². The van der Waals surface area contributed by atoms with Crippen LogP contribution < -0.4 is 15.2 Å². The Labute approximate surface area is 102 Å². The monoisotopic (exact) mass is 237 g/mol. The summed E-state index contributed by atoms with van der Waals surface area (Å²) in [5.74, 6) is 1.54. The van der Waals surface area contributed by atoms with Gasteiger partial charge in [-0.1, -0.05) is 6.07 Å². The zero-order valence-corrected chi connectivity index (χ0v) is 10.5. The second kappa shape index (κ2) is 4.55. The predicted octanol–water partition coefficient (Wildman–Crippen LogP) is 2.23. The Morgan fingerprint density at radius 1 is 1.47 bits per heavy atom. The highest BCUT2D eigenvalue weighted by molar-refractivity contribution is 5.44. The van der Waals surface area contributed by atoms with Crippen molar-refractivity contribution in [2.24, 2.45) is 5.73 Å². The lowest BCUT2D eigenvalue weighted by atomic mass is 9.90. The molecular formula is C13H19NO3. The highest BCUT2D eigenvalue weighted by atomic mass is 16.7. The van der Waals surface area contributed by atoms with E-state index in [2.05, 4.69) is 0 Å². The van der Waals surface area contributed by atoms with Crippen LogP contribution in [-0.4, -0.2) is 19.5 Å². The Balaban J connectivity index is 2.25. The van der Waals surface area contributed by atoms with Gasteiger partial charge in [-0.3, -0.25) is 0 Å². The molecule has 1 aliphatic rings. The van der Waals surface area contributed by atoms with E-state index in [1.54, 1.807) is 7.11 Å². The number of rotatable bonds is 3. The van der Waals surface area contributed by atoms with Crippen LogP contribution in [0.15, 0.2) is 18.2 Å². The average Bonchev–Trinajstić information content (AvgIpc) is 2.24. The van der Waals surface area contributed by atoms with Crippen molar-refractivity contribution >= 4 is 0 Å². The molecular weight excluding hydrogens is 218 g/mol. The van der Waals surface area contributed by atoms with Gasteiger partial charge < -0.3 is 19.9 Å². The largest absolute Gasteiger partial charge is 0.487 e. The van der Waals surface area contributed by atoms with Crippen molar-refractivity contribution in [1.29, 1.82) is 0 Å². The highest BCUT2D eigenvalue weighted by Crippen LogP contribution is 2.39. The molecule has 1 aliphatic heterocycles. The van der Waals surface area contributed by atoms with Crippen molar-refractivity contribution in [1.82, 2.24) is 0 Å². The molecule has 0 aromatic heterocycles. The van der Waals surface area contributed by atoms with E-state index in [9.17, 15) is 0 Å². The van der Waals surface area contributed by atoms with Crippen LogP contribution in [0.1, 0.15) is 31.9 Å². The minimum absolute atomic E-state index is 0.0187. The van der Waals surface area contributed by atoms with Crippen LogP contribution in [0.4, 0.5) is 0 Å². The summed E-state index contributed by atoms with van der Waals surface area (Å²) in [6.45, 7) is 4.31. The molecule has 2 N–H and O–H groups in total. The summed E-state index contributed by atoms with van der Waals surface area (Å²) in [5, 5.41) is 0. The molecule has 1 atom stereocenters. The van der Waals surface area contributed by atoms with E-state index >= 15 is 0 Å². The first-order chi connectivity index (χ1) is 8.02. The van der Waals surface area contributed by atoms with Gasteiger partial charge in [-0.15, -0.1) is 0 Å². The molecule has 0 saturated heterocycles. The van der Waals surface area contributed by atoms with Gasteiger partial charge in [0, 0.05) is 31.2 Å². The summed E-state index contributed by atoms with van der Waals surface area (Å²) < 4.78 is 16.2. The normalized spacial score (nSPS) is 21.5. The Morgan fingerprint density at radius 3 is 2.94 bits per heavy atom. The van der Waals surface area contributed by atoms with E-state index in [1.165, 1.54) is 0 Å². The smallest absolute Gasteiger partial charge is 0.188 e. The fourth-order valence-corrected chi connectivity index (χ4v) is 2.11. The molecule has 4 heteroatoms. The topological polar surface area (TPSA) is 53.7 Å². The molecule has 4 nitrogen and oxygen atoms in total.